The number of benzene rings is 1. The van der Waals surface area contributed by atoms with Crippen LogP contribution in [0.5, 0.6) is 0 Å². The van der Waals surface area contributed by atoms with Crippen molar-refractivity contribution in [2.45, 2.75) is 38.3 Å². The van der Waals surface area contributed by atoms with Gasteiger partial charge in [0.05, 0.1) is 10.9 Å². The highest BCUT2D eigenvalue weighted by molar-refractivity contribution is 6.30. The van der Waals surface area contributed by atoms with E-state index in [0.29, 0.717) is 18.4 Å². The maximum Gasteiger partial charge on any atom is 0.391 e. The molecule has 0 saturated heterocycles. The molecule has 0 bridgehead atoms. The number of hydrogen-bond acceptors (Lipinski definition) is 1. The fraction of sp³-hybridized carbons (Fsp3) is 0.533. The normalized spacial score (nSPS) is 23.1. The highest BCUT2D eigenvalue weighted by Crippen LogP contribution is 2.40. The van der Waals surface area contributed by atoms with Gasteiger partial charge in [-0.05, 0) is 37.0 Å². The van der Waals surface area contributed by atoms with Crippen LogP contribution in [-0.2, 0) is 11.2 Å². The van der Waals surface area contributed by atoms with E-state index in [4.69, 9.17) is 11.6 Å². The number of alkyl halides is 3. The van der Waals surface area contributed by atoms with Gasteiger partial charge in [-0.15, -0.1) is 0 Å². The van der Waals surface area contributed by atoms with Gasteiger partial charge in [-0.25, -0.2) is 4.39 Å². The summed E-state index contributed by atoms with van der Waals surface area (Å²) in [5, 5.41) is -0.0860. The average molecular weight is 323 g/mol. The fourth-order valence-corrected chi connectivity index (χ4v) is 2.98. The summed E-state index contributed by atoms with van der Waals surface area (Å²) in [5.74, 6) is -2.78. The predicted octanol–water partition coefficient (Wildman–Crippen LogP) is 4.96. The Hall–Kier alpha value is -1.10. The van der Waals surface area contributed by atoms with E-state index < -0.39 is 23.8 Å². The molecule has 0 aromatic heterocycles. The molecule has 0 spiro atoms. The molecule has 1 aliphatic carbocycles. The highest BCUT2D eigenvalue weighted by Gasteiger charge is 2.43. The zero-order valence-corrected chi connectivity index (χ0v) is 12.0. The Bertz CT molecular complexity index is 527. The first kappa shape index (κ1) is 16.3. The molecule has 1 saturated carbocycles. The number of halogens is 5. The maximum absolute atomic E-state index is 13.0. The number of rotatable bonds is 3. The van der Waals surface area contributed by atoms with Gasteiger partial charge in [-0.1, -0.05) is 24.1 Å². The molecule has 1 aliphatic rings. The van der Waals surface area contributed by atoms with Gasteiger partial charge in [0.2, 0.25) is 0 Å². The quantitative estimate of drug-likeness (QED) is 0.719. The minimum absolute atomic E-state index is 0.00472. The van der Waals surface area contributed by atoms with E-state index in [2.05, 4.69) is 0 Å². The van der Waals surface area contributed by atoms with E-state index in [1.165, 1.54) is 12.1 Å². The number of ketones is 1. The van der Waals surface area contributed by atoms with Crippen LogP contribution < -0.4 is 0 Å². The van der Waals surface area contributed by atoms with E-state index in [1.54, 1.807) is 0 Å². The Morgan fingerprint density at radius 1 is 1.29 bits per heavy atom. The van der Waals surface area contributed by atoms with Gasteiger partial charge >= 0.3 is 6.18 Å². The van der Waals surface area contributed by atoms with Gasteiger partial charge < -0.3 is 0 Å². The van der Waals surface area contributed by atoms with Crippen LogP contribution in [0.1, 0.15) is 31.2 Å². The molecule has 1 aromatic carbocycles. The van der Waals surface area contributed by atoms with Crippen molar-refractivity contribution in [3.63, 3.8) is 0 Å². The SMILES string of the molecule is O=C(Cc1ccc(F)c(Cl)c1)C1CCCC(C(F)(F)F)C1. The number of carbonyl (C=O) groups excluding carboxylic acids is 1. The summed E-state index contributed by atoms with van der Waals surface area (Å²) in [6.45, 7) is 0. The summed E-state index contributed by atoms with van der Waals surface area (Å²) in [6.07, 6.45) is -3.40. The second-order valence-electron chi connectivity index (χ2n) is 5.49. The molecule has 116 valence electrons. The third-order valence-electron chi connectivity index (χ3n) is 3.95. The molecule has 1 fully saturated rings. The smallest absolute Gasteiger partial charge is 0.299 e. The van der Waals surface area contributed by atoms with Crippen molar-refractivity contribution in [3.05, 3.63) is 34.6 Å². The molecule has 0 heterocycles. The molecule has 2 atom stereocenters. The van der Waals surface area contributed by atoms with Crippen molar-refractivity contribution in [3.8, 4) is 0 Å². The van der Waals surface area contributed by atoms with Crippen LogP contribution in [0.4, 0.5) is 17.6 Å². The third kappa shape index (κ3) is 4.19. The Morgan fingerprint density at radius 2 is 2.00 bits per heavy atom. The Morgan fingerprint density at radius 3 is 2.62 bits per heavy atom. The first-order valence-electron chi connectivity index (χ1n) is 6.80. The number of Topliss-reactive ketones (excluding diaryl/α,β-unsaturated/α-hetero) is 1. The lowest BCUT2D eigenvalue weighted by Gasteiger charge is -2.29. The first-order valence-corrected chi connectivity index (χ1v) is 7.18. The summed E-state index contributed by atoms with van der Waals surface area (Å²) < 4.78 is 51.2. The van der Waals surface area contributed by atoms with E-state index in [0.717, 1.165) is 6.07 Å². The third-order valence-corrected chi connectivity index (χ3v) is 4.24. The summed E-state index contributed by atoms with van der Waals surface area (Å²) >= 11 is 5.63. The van der Waals surface area contributed by atoms with E-state index in [1.807, 2.05) is 0 Å². The van der Waals surface area contributed by atoms with Crippen LogP contribution in [0.3, 0.4) is 0 Å². The van der Waals surface area contributed by atoms with Crippen molar-refractivity contribution in [1.29, 1.82) is 0 Å². The zero-order chi connectivity index (χ0) is 15.6. The second-order valence-corrected chi connectivity index (χ2v) is 5.90. The van der Waals surface area contributed by atoms with Crippen molar-refractivity contribution < 1.29 is 22.4 Å². The molecule has 0 amide bonds. The van der Waals surface area contributed by atoms with E-state index >= 15 is 0 Å². The van der Waals surface area contributed by atoms with Crippen LogP contribution in [0.2, 0.25) is 5.02 Å². The molecule has 21 heavy (non-hydrogen) atoms. The molecule has 1 aromatic rings. The lowest BCUT2D eigenvalue weighted by Crippen LogP contribution is -2.32. The van der Waals surface area contributed by atoms with Crippen LogP contribution in [0.25, 0.3) is 0 Å². The molecule has 2 rings (SSSR count). The molecule has 2 unspecified atom stereocenters. The minimum atomic E-state index is -4.24. The van der Waals surface area contributed by atoms with Crippen molar-refractivity contribution in [1.82, 2.24) is 0 Å². The minimum Gasteiger partial charge on any atom is -0.299 e. The van der Waals surface area contributed by atoms with Gasteiger partial charge in [0.1, 0.15) is 11.6 Å². The van der Waals surface area contributed by atoms with Crippen molar-refractivity contribution in [2.24, 2.45) is 11.8 Å². The zero-order valence-electron chi connectivity index (χ0n) is 11.2. The largest absolute Gasteiger partial charge is 0.391 e. The van der Waals surface area contributed by atoms with Crippen LogP contribution >= 0.6 is 11.6 Å². The van der Waals surface area contributed by atoms with Crippen LogP contribution in [0, 0.1) is 17.7 Å². The Labute approximate surface area is 125 Å². The van der Waals surface area contributed by atoms with E-state index in [9.17, 15) is 22.4 Å². The monoisotopic (exact) mass is 322 g/mol. The number of hydrogen-bond donors (Lipinski definition) is 0. The molecule has 1 nitrogen and oxygen atoms in total. The van der Waals surface area contributed by atoms with Crippen molar-refractivity contribution >= 4 is 17.4 Å². The van der Waals surface area contributed by atoms with Gasteiger partial charge in [0.15, 0.2) is 0 Å². The van der Waals surface area contributed by atoms with Gasteiger partial charge in [0.25, 0.3) is 0 Å². The standard InChI is InChI=1S/C15H15ClF4O/c16-12-6-9(4-5-13(12)17)7-14(21)10-2-1-3-11(8-10)15(18,19)20/h4-6,10-11H,1-3,7-8H2. The molecular weight excluding hydrogens is 308 g/mol. The van der Waals surface area contributed by atoms with Crippen LogP contribution in [0.15, 0.2) is 18.2 Å². The average Bonchev–Trinajstić information content (AvgIpc) is 2.42. The second kappa shape index (κ2) is 6.34. The molecule has 0 N–H and O–H groups in total. The van der Waals surface area contributed by atoms with Crippen LogP contribution in [-0.4, -0.2) is 12.0 Å². The molecule has 0 radical (unpaired) electrons. The predicted molar refractivity (Wildman–Crippen MR) is 71.6 cm³/mol. The highest BCUT2D eigenvalue weighted by atomic mass is 35.5. The Kier molecular flexibility index (Phi) is 4.91. The van der Waals surface area contributed by atoms with E-state index in [-0.39, 0.29) is 30.1 Å². The number of carbonyl (C=O) groups is 1. The summed E-state index contributed by atoms with van der Waals surface area (Å²) in [6, 6.07) is 3.94. The lowest BCUT2D eigenvalue weighted by molar-refractivity contribution is -0.186. The van der Waals surface area contributed by atoms with Gasteiger partial charge in [-0.2, -0.15) is 13.2 Å². The van der Waals surface area contributed by atoms with Gasteiger partial charge in [0, 0.05) is 12.3 Å². The summed E-state index contributed by atoms with van der Waals surface area (Å²) in [4.78, 5) is 12.1. The topological polar surface area (TPSA) is 17.1 Å². The Balaban J connectivity index is 2.01. The summed E-state index contributed by atoms with van der Waals surface area (Å²) in [7, 11) is 0. The summed E-state index contributed by atoms with van der Waals surface area (Å²) in [5.41, 5.74) is 0.528. The fourth-order valence-electron chi connectivity index (χ4n) is 2.77. The molecule has 6 heteroatoms. The first-order chi connectivity index (χ1) is 9.77. The molecular formula is C15H15ClF4O. The molecule has 0 aliphatic heterocycles. The lowest BCUT2D eigenvalue weighted by atomic mass is 9.78. The van der Waals surface area contributed by atoms with Gasteiger partial charge in [-0.3, -0.25) is 4.79 Å². The van der Waals surface area contributed by atoms with Crippen molar-refractivity contribution in [2.75, 3.05) is 0 Å². The maximum atomic E-state index is 13.0.